The molecule has 2 heteroatoms. The molecule has 0 saturated carbocycles. The Hall–Kier alpha value is 0.557. The molecule has 0 rings (SSSR count). The first-order chi connectivity index (χ1) is 4.85. The standard InChI is InChI=1S/C9H20N.Li.H/c1-4-7-9-10(6-3)8-5-2;;/h8H,4-7,9H2,1-3H3;;. The average Bonchev–Trinajstić information content (AvgIpc) is 1.98. The van der Waals surface area contributed by atoms with E-state index in [1.807, 2.05) is 0 Å². The van der Waals surface area contributed by atoms with Gasteiger partial charge in [0.25, 0.3) is 0 Å². The number of rotatable bonds is 6. The van der Waals surface area contributed by atoms with Gasteiger partial charge in [0.05, 0.1) is 0 Å². The fraction of sp³-hybridized carbons (Fsp3) is 0.889. The van der Waals surface area contributed by atoms with E-state index in [0.717, 1.165) is 13.0 Å². The van der Waals surface area contributed by atoms with Gasteiger partial charge in [0, 0.05) is 6.54 Å². The van der Waals surface area contributed by atoms with Gasteiger partial charge in [0.2, 0.25) is 0 Å². The van der Waals surface area contributed by atoms with Crippen LogP contribution in [-0.4, -0.2) is 36.9 Å². The van der Waals surface area contributed by atoms with Crippen molar-refractivity contribution in [1.82, 2.24) is 4.90 Å². The number of hydrogen-bond acceptors (Lipinski definition) is 1. The van der Waals surface area contributed by atoms with E-state index in [-0.39, 0.29) is 18.9 Å². The normalized spacial score (nSPS) is 9.82. The van der Waals surface area contributed by atoms with E-state index in [9.17, 15) is 0 Å². The van der Waals surface area contributed by atoms with Crippen molar-refractivity contribution in [2.75, 3.05) is 13.1 Å². The van der Waals surface area contributed by atoms with Crippen LogP contribution >= 0.6 is 0 Å². The third-order valence-electron chi connectivity index (χ3n) is 1.65. The predicted octanol–water partition coefficient (Wildman–Crippen LogP) is 2.03. The summed E-state index contributed by atoms with van der Waals surface area (Å²) in [6, 6.07) is 0. The van der Waals surface area contributed by atoms with Crippen LogP contribution in [0.5, 0.6) is 0 Å². The van der Waals surface area contributed by atoms with Crippen molar-refractivity contribution < 1.29 is 0 Å². The van der Waals surface area contributed by atoms with Crippen LogP contribution in [0.4, 0.5) is 0 Å². The van der Waals surface area contributed by atoms with E-state index in [2.05, 4.69) is 32.2 Å². The summed E-state index contributed by atoms with van der Waals surface area (Å²) in [7, 11) is 0. The van der Waals surface area contributed by atoms with Crippen molar-refractivity contribution >= 4 is 18.9 Å². The van der Waals surface area contributed by atoms with Crippen molar-refractivity contribution in [2.45, 2.75) is 40.0 Å². The van der Waals surface area contributed by atoms with Gasteiger partial charge in [0.15, 0.2) is 0 Å². The zero-order valence-corrected chi connectivity index (χ0v) is 7.56. The second-order valence-electron chi connectivity index (χ2n) is 2.57. The molecule has 0 amide bonds. The first-order valence-corrected chi connectivity index (χ1v) is 4.42. The quantitative estimate of drug-likeness (QED) is 0.524. The summed E-state index contributed by atoms with van der Waals surface area (Å²) in [5, 5.41) is 0. The van der Waals surface area contributed by atoms with Crippen molar-refractivity contribution in [1.29, 1.82) is 0 Å². The molecule has 0 atom stereocenters. The van der Waals surface area contributed by atoms with Crippen LogP contribution in [0.1, 0.15) is 40.0 Å². The van der Waals surface area contributed by atoms with Gasteiger partial charge in [-0.25, -0.2) is 0 Å². The van der Waals surface area contributed by atoms with E-state index in [1.165, 1.54) is 19.4 Å². The van der Waals surface area contributed by atoms with E-state index in [4.69, 9.17) is 0 Å². The van der Waals surface area contributed by atoms with Gasteiger partial charge in [-0.3, -0.25) is 4.90 Å². The second kappa shape index (κ2) is 10.6. The molecule has 0 aliphatic carbocycles. The molecule has 0 bridgehead atoms. The van der Waals surface area contributed by atoms with Crippen LogP contribution in [0.25, 0.3) is 0 Å². The molecule has 0 aliphatic heterocycles. The van der Waals surface area contributed by atoms with Crippen LogP contribution in [0.15, 0.2) is 0 Å². The molecule has 11 heavy (non-hydrogen) atoms. The minimum absolute atomic E-state index is 0. The van der Waals surface area contributed by atoms with Gasteiger partial charge in [-0.1, -0.05) is 27.2 Å². The molecule has 63 valence electrons. The fourth-order valence-electron chi connectivity index (χ4n) is 0.998. The van der Waals surface area contributed by atoms with Crippen LogP contribution in [0.3, 0.4) is 0 Å². The molecule has 0 aromatic rings. The van der Waals surface area contributed by atoms with Crippen LogP contribution in [0.2, 0.25) is 0 Å². The van der Waals surface area contributed by atoms with Crippen LogP contribution in [0, 0.1) is 6.54 Å². The summed E-state index contributed by atoms with van der Waals surface area (Å²) >= 11 is 0. The monoisotopic (exact) mass is 150 g/mol. The number of nitrogens with zero attached hydrogens (tertiary/aromatic N) is 1. The molecule has 0 aromatic heterocycles. The van der Waals surface area contributed by atoms with Gasteiger partial charge in [-0.2, -0.15) is 0 Å². The van der Waals surface area contributed by atoms with E-state index in [0.29, 0.717) is 0 Å². The first-order valence-electron chi connectivity index (χ1n) is 4.42. The van der Waals surface area contributed by atoms with Crippen LogP contribution < -0.4 is 0 Å². The van der Waals surface area contributed by atoms with Crippen molar-refractivity contribution in [3.05, 3.63) is 6.54 Å². The molecular formula is C9H21LiN. The average molecular weight is 150 g/mol. The minimum atomic E-state index is 0. The van der Waals surface area contributed by atoms with E-state index < -0.39 is 0 Å². The third-order valence-corrected chi connectivity index (χ3v) is 1.65. The molecule has 0 heterocycles. The Kier molecular flexibility index (Phi) is 13.5. The molecule has 1 radical (unpaired) electrons. The van der Waals surface area contributed by atoms with E-state index in [1.54, 1.807) is 0 Å². The molecule has 0 spiro atoms. The Morgan fingerprint density at radius 3 is 2.18 bits per heavy atom. The Morgan fingerprint density at radius 2 is 1.82 bits per heavy atom. The molecular weight excluding hydrogens is 129 g/mol. The summed E-state index contributed by atoms with van der Waals surface area (Å²) in [6.07, 6.45) is 3.79. The van der Waals surface area contributed by atoms with Gasteiger partial charge in [0.1, 0.15) is 0 Å². The summed E-state index contributed by atoms with van der Waals surface area (Å²) in [6.45, 7) is 11.3. The van der Waals surface area contributed by atoms with Gasteiger partial charge in [-0.05, 0) is 25.9 Å². The Bertz CT molecular complexity index is 66.6. The predicted molar refractivity (Wildman–Crippen MR) is 53.9 cm³/mol. The molecule has 0 N–H and O–H groups in total. The molecule has 0 aliphatic rings. The van der Waals surface area contributed by atoms with Gasteiger partial charge < -0.3 is 0 Å². The molecule has 0 aromatic carbocycles. The summed E-state index contributed by atoms with van der Waals surface area (Å²) in [5.41, 5.74) is 0. The summed E-state index contributed by atoms with van der Waals surface area (Å²) in [5.74, 6) is 0. The van der Waals surface area contributed by atoms with Crippen molar-refractivity contribution in [3.63, 3.8) is 0 Å². The SMILES string of the molecule is CC[CH]N(CC)CCCC.[LiH]. The Morgan fingerprint density at radius 1 is 1.18 bits per heavy atom. The van der Waals surface area contributed by atoms with Crippen molar-refractivity contribution in [2.24, 2.45) is 0 Å². The second-order valence-corrected chi connectivity index (χ2v) is 2.57. The molecule has 0 saturated heterocycles. The molecule has 1 nitrogen and oxygen atoms in total. The molecule has 0 fully saturated rings. The Balaban J connectivity index is 0. The first kappa shape index (κ1) is 14.1. The van der Waals surface area contributed by atoms with Crippen molar-refractivity contribution in [3.8, 4) is 0 Å². The topological polar surface area (TPSA) is 3.24 Å². The third kappa shape index (κ3) is 8.46. The molecule has 0 unspecified atom stereocenters. The van der Waals surface area contributed by atoms with Crippen LogP contribution in [-0.2, 0) is 0 Å². The Labute approximate surface area is 83.7 Å². The fourth-order valence-corrected chi connectivity index (χ4v) is 0.998. The maximum atomic E-state index is 2.39. The van der Waals surface area contributed by atoms with E-state index >= 15 is 0 Å². The maximum absolute atomic E-state index is 2.39. The zero-order valence-electron chi connectivity index (χ0n) is 7.56. The van der Waals surface area contributed by atoms with Gasteiger partial charge >= 0.3 is 18.9 Å². The number of hydrogen-bond donors (Lipinski definition) is 0. The number of unbranched alkanes of at least 4 members (excludes halogenated alkanes) is 1. The van der Waals surface area contributed by atoms with Gasteiger partial charge in [-0.15, -0.1) is 0 Å². The summed E-state index contributed by atoms with van der Waals surface area (Å²) in [4.78, 5) is 2.39. The summed E-state index contributed by atoms with van der Waals surface area (Å²) < 4.78 is 0. The zero-order chi connectivity index (χ0) is 7.82.